The zero-order chi connectivity index (χ0) is 24.4. The van der Waals surface area contributed by atoms with Crippen LogP contribution in [0.25, 0.3) is 23.0 Å². The van der Waals surface area contributed by atoms with Gasteiger partial charge in [-0.3, -0.25) is 9.69 Å². The van der Waals surface area contributed by atoms with Gasteiger partial charge in [-0.1, -0.05) is 53.8 Å². The first-order valence-electron chi connectivity index (χ1n) is 11.5. The van der Waals surface area contributed by atoms with Crippen molar-refractivity contribution in [2.24, 2.45) is 0 Å². The number of ether oxygens (including phenoxy) is 2. The van der Waals surface area contributed by atoms with E-state index >= 15 is 0 Å². The highest BCUT2D eigenvalue weighted by atomic mass is 35.5. The minimum atomic E-state index is -0.0985. The topological polar surface area (TPSA) is 56.6 Å². The van der Waals surface area contributed by atoms with E-state index in [1.54, 1.807) is 9.58 Å². The summed E-state index contributed by atoms with van der Waals surface area (Å²) in [4.78, 5) is 15.5. The molecule has 0 unspecified atom stereocenters. The van der Waals surface area contributed by atoms with Crippen molar-refractivity contribution in [1.29, 1.82) is 0 Å². The van der Waals surface area contributed by atoms with Crippen LogP contribution in [-0.2, 0) is 9.53 Å². The van der Waals surface area contributed by atoms with Crippen LogP contribution in [0.4, 0.5) is 0 Å². The Hall–Kier alpha value is -2.65. The second kappa shape index (κ2) is 10.5. The fraction of sp³-hybridized carbons (Fsp3) is 0.269. The molecule has 2 fully saturated rings. The standard InChI is InChI=1S/C26H24ClN3O3S2/c1-2-32-22-11-10-17(13-21(22)27)24-18(15-30(28-24)19-7-4-3-5-8-19)14-23-25(31)29(26(34)35-23)16-20-9-6-12-33-20/h3-5,7-8,10-11,13-15,20H,2,6,9,12,16H2,1H3/b23-14-/t20-/m1/s1. The Kier molecular flexibility index (Phi) is 7.24. The molecule has 5 rings (SSSR count). The summed E-state index contributed by atoms with van der Waals surface area (Å²) in [6.45, 7) is 3.67. The maximum absolute atomic E-state index is 13.2. The van der Waals surface area contributed by atoms with Crippen molar-refractivity contribution in [3.05, 3.63) is 70.2 Å². The smallest absolute Gasteiger partial charge is 0.266 e. The number of carbonyl (C=O) groups excluding carboxylic acids is 1. The van der Waals surface area contributed by atoms with Gasteiger partial charge in [0, 0.05) is 23.9 Å². The van der Waals surface area contributed by atoms with Crippen molar-refractivity contribution >= 4 is 51.9 Å². The number of halogens is 1. The molecule has 2 aromatic carbocycles. The number of thioether (sulfide) groups is 1. The van der Waals surface area contributed by atoms with Gasteiger partial charge in [-0.15, -0.1) is 0 Å². The van der Waals surface area contributed by atoms with Gasteiger partial charge < -0.3 is 9.47 Å². The molecule has 0 saturated carbocycles. The largest absolute Gasteiger partial charge is 0.492 e. The highest BCUT2D eigenvalue weighted by Crippen LogP contribution is 2.37. The molecule has 0 bridgehead atoms. The molecule has 6 nitrogen and oxygen atoms in total. The van der Waals surface area contributed by atoms with E-state index in [0.29, 0.717) is 38.8 Å². The number of carbonyl (C=O) groups is 1. The van der Waals surface area contributed by atoms with Crippen LogP contribution in [0, 0.1) is 0 Å². The molecule has 3 aromatic rings. The van der Waals surface area contributed by atoms with Gasteiger partial charge in [0.15, 0.2) is 0 Å². The average molecular weight is 526 g/mol. The Bertz CT molecular complexity index is 1290. The molecular formula is C26H24ClN3O3S2. The van der Waals surface area contributed by atoms with Crippen LogP contribution in [0.3, 0.4) is 0 Å². The minimum Gasteiger partial charge on any atom is -0.492 e. The van der Waals surface area contributed by atoms with Gasteiger partial charge in [-0.05, 0) is 56.2 Å². The molecule has 1 atom stereocenters. The third-order valence-corrected chi connectivity index (χ3v) is 7.51. The number of benzene rings is 2. The Morgan fingerprint density at radius 1 is 1.29 bits per heavy atom. The zero-order valence-corrected chi connectivity index (χ0v) is 21.5. The molecule has 3 heterocycles. The summed E-state index contributed by atoms with van der Waals surface area (Å²) >= 11 is 13.3. The van der Waals surface area contributed by atoms with Crippen LogP contribution in [0.5, 0.6) is 5.75 Å². The van der Waals surface area contributed by atoms with E-state index in [9.17, 15) is 4.79 Å². The van der Waals surface area contributed by atoms with E-state index < -0.39 is 0 Å². The molecule has 0 radical (unpaired) electrons. The summed E-state index contributed by atoms with van der Waals surface area (Å²) in [5.41, 5.74) is 3.25. The van der Waals surface area contributed by atoms with Crippen molar-refractivity contribution in [1.82, 2.24) is 14.7 Å². The first kappa shape index (κ1) is 24.1. The third-order valence-electron chi connectivity index (χ3n) is 5.84. The lowest BCUT2D eigenvalue weighted by Gasteiger charge is -2.18. The normalized spacial score (nSPS) is 19.2. The van der Waals surface area contributed by atoms with Gasteiger partial charge in [-0.25, -0.2) is 4.68 Å². The van der Waals surface area contributed by atoms with Crippen molar-refractivity contribution in [3.8, 4) is 22.7 Å². The number of nitrogens with zero attached hydrogens (tertiary/aromatic N) is 3. The molecule has 0 N–H and O–H groups in total. The Labute approximate surface area is 218 Å². The van der Waals surface area contributed by atoms with Gasteiger partial charge in [0.2, 0.25) is 0 Å². The summed E-state index contributed by atoms with van der Waals surface area (Å²) < 4.78 is 13.7. The molecule has 2 aliphatic rings. The lowest BCUT2D eigenvalue weighted by molar-refractivity contribution is -0.123. The van der Waals surface area contributed by atoms with Gasteiger partial charge in [0.05, 0.1) is 34.9 Å². The number of para-hydroxylation sites is 1. The first-order valence-corrected chi connectivity index (χ1v) is 13.1. The molecular weight excluding hydrogens is 502 g/mol. The van der Waals surface area contributed by atoms with E-state index in [0.717, 1.165) is 36.3 Å². The molecule has 2 saturated heterocycles. The zero-order valence-electron chi connectivity index (χ0n) is 19.1. The number of thiocarbonyl (C=S) groups is 1. The maximum atomic E-state index is 13.2. The molecule has 35 heavy (non-hydrogen) atoms. The minimum absolute atomic E-state index is 0.0410. The third kappa shape index (κ3) is 5.16. The second-order valence-electron chi connectivity index (χ2n) is 8.22. The van der Waals surface area contributed by atoms with Crippen LogP contribution in [0.15, 0.2) is 59.6 Å². The monoisotopic (exact) mass is 525 g/mol. The second-order valence-corrected chi connectivity index (χ2v) is 10.3. The van der Waals surface area contributed by atoms with Gasteiger partial charge in [0.25, 0.3) is 5.91 Å². The fourth-order valence-electron chi connectivity index (χ4n) is 4.14. The first-order chi connectivity index (χ1) is 17.0. The molecule has 9 heteroatoms. The lowest BCUT2D eigenvalue weighted by atomic mass is 10.1. The predicted octanol–water partition coefficient (Wildman–Crippen LogP) is 5.97. The highest BCUT2D eigenvalue weighted by Gasteiger charge is 2.35. The van der Waals surface area contributed by atoms with Crippen LogP contribution in [0.1, 0.15) is 25.3 Å². The average Bonchev–Trinajstić information content (AvgIpc) is 3.59. The SMILES string of the molecule is CCOc1ccc(-c2nn(-c3ccccc3)cc2/C=C2\SC(=S)N(C[C@H]3CCCO3)C2=O)cc1Cl. The van der Waals surface area contributed by atoms with E-state index in [-0.39, 0.29) is 12.0 Å². The van der Waals surface area contributed by atoms with Crippen LogP contribution >= 0.6 is 35.6 Å². The predicted molar refractivity (Wildman–Crippen MR) is 144 cm³/mol. The summed E-state index contributed by atoms with van der Waals surface area (Å²) in [6, 6.07) is 15.4. The van der Waals surface area contributed by atoms with Gasteiger partial charge in [0.1, 0.15) is 15.8 Å². The molecule has 0 spiro atoms. The Morgan fingerprint density at radius 3 is 2.83 bits per heavy atom. The van der Waals surface area contributed by atoms with Crippen LogP contribution in [-0.4, -0.2) is 50.8 Å². The van der Waals surface area contributed by atoms with Crippen molar-refractivity contribution < 1.29 is 14.3 Å². The number of hydrogen-bond donors (Lipinski definition) is 0. The summed E-state index contributed by atoms with van der Waals surface area (Å²) in [5.74, 6) is 0.524. The van der Waals surface area contributed by atoms with Crippen molar-refractivity contribution in [2.45, 2.75) is 25.9 Å². The van der Waals surface area contributed by atoms with Gasteiger partial charge >= 0.3 is 0 Å². The number of hydrogen-bond acceptors (Lipinski definition) is 6. The maximum Gasteiger partial charge on any atom is 0.266 e. The molecule has 1 aromatic heterocycles. The van der Waals surface area contributed by atoms with E-state index in [2.05, 4.69) is 0 Å². The van der Waals surface area contributed by atoms with Crippen molar-refractivity contribution in [3.63, 3.8) is 0 Å². The molecule has 0 aliphatic carbocycles. The number of rotatable bonds is 7. The Balaban J connectivity index is 1.52. The van der Waals surface area contributed by atoms with E-state index in [1.165, 1.54) is 11.8 Å². The van der Waals surface area contributed by atoms with Crippen LogP contribution in [0.2, 0.25) is 5.02 Å². The highest BCUT2D eigenvalue weighted by molar-refractivity contribution is 8.26. The summed E-state index contributed by atoms with van der Waals surface area (Å²) in [6.07, 6.45) is 5.78. The molecule has 1 amide bonds. The van der Waals surface area contributed by atoms with Gasteiger partial charge in [-0.2, -0.15) is 5.10 Å². The van der Waals surface area contributed by atoms with Crippen molar-refractivity contribution in [2.75, 3.05) is 19.8 Å². The number of amides is 1. The molecule has 180 valence electrons. The fourth-order valence-corrected chi connectivity index (χ4v) is 5.64. The lowest BCUT2D eigenvalue weighted by Crippen LogP contribution is -2.35. The van der Waals surface area contributed by atoms with Crippen LogP contribution < -0.4 is 4.74 Å². The quantitative estimate of drug-likeness (QED) is 0.280. The van der Waals surface area contributed by atoms with E-state index in [4.69, 9.17) is 38.4 Å². The number of aromatic nitrogens is 2. The Morgan fingerprint density at radius 2 is 2.11 bits per heavy atom. The summed E-state index contributed by atoms with van der Waals surface area (Å²) in [7, 11) is 0. The molecule has 2 aliphatic heterocycles. The van der Waals surface area contributed by atoms with E-state index in [1.807, 2.05) is 67.7 Å². The summed E-state index contributed by atoms with van der Waals surface area (Å²) in [5, 5.41) is 5.35.